The molecule has 1 heterocycles. The Morgan fingerprint density at radius 2 is 2.12 bits per heavy atom. The maximum Gasteiger partial charge on any atom is 0.461 e. The van der Waals surface area contributed by atoms with E-state index in [1.54, 1.807) is 13.0 Å². The van der Waals surface area contributed by atoms with Crippen LogP contribution in [0, 0.1) is 18.3 Å². The van der Waals surface area contributed by atoms with Gasteiger partial charge in [0.15, 0.2) is 0 Å². The first-order valence-electron chi connectivity index (χ1n) is 4.01. The Hall–Kier alpha value is -1.55. The summed E-state index contributed by atoms with van der Waals surface area (Å²) in [6, 6.07) is 4.49. The third-order valence-electron chi connectivity index (χ3n) is 1.54. The van der Waals surface area contributed by atoms with Crippen molar-refractivity contribution in [2.45, 2.75) is 18.1 Å². The minimum absolute atomic E-state index is 0.0480. The SMILES string of the molecule is Cc1ccc(C#N)c(SC(=O)C(F)(F)F)n1. The summed E-state index contributed by atoms with van der Waals surface area (Å²) in [5, 5.41) is 6.43. The maximum atomic E-state index is 12.0. The number of hydrogen-bond acceptors (Lipinski definition) is 4. The van der Waals surface area contributed by atoms with Crippen LogP contribution in [-0.4, -0.2) is 16.3 Å². The quantitative estimate of drug-likeness (QED) is 0.714. The van der Waals surface area contributed by atoms with E-state index in [9.17, 15) is 18.0 Å². The van der Waals surface area contributed by atoms with E-state index in [0.717, 1.165) is 0 Å². The average Bonchev–Trinajstić information content (AvgIpc) is 2.16. The van der Waals surface area contributed by atoms with Gasteiger partial charge in [0.05, 0.1) is 5.56 Å². The molecule has 0 aliphatic rings. The van der Waals surface area contributed by atoms with Gasteiger partial charge in [-0.15, -0.1) is 0 Å². The zero-order valence-electron chi connectivity index (χ0n) is 8.00. The van der Waals surface area contributed by atoms with Crippen molar-refractivity contribution in [1.82, 2.24) is 4.98 Å². The van der Waals surface area contributed by atoms with Gasteiger partial charge >= 0.3 is 6.18 Å². The summed E-state index contributed by atoms with van der Waals surface area (Å²) in [7, 11) is 0. The largest absolute Gasteiger partial charge is 0.461 e. The van der Waals surface area contributed by atoms with E-state index in [4.69, 9.17) is 5.26 Å². The summed E-state index contributed by atoms with van der Waals surface area (Å²) in [5.74, 6) is 0. The molecule has 1 aromatic heterocycles. The number of halogens is 3. The van der Waals surface area contributed by atoms with Crippen molar-refractivity contribution in [3.8, 4) is 6.07 Å². The molecule has 0 aromatic carbocycles. The zero-order chi connectivity index (χ0) is 12.3. The standard InChI is InChI=1S/C9H5F3N2OS/c1-5-2-3-6(4-13)7(14-5)16-8(15)9(10,11)12/h2-3H,1H3. The molecule has 7 heteroatoms. The van der Waals surface area contributed by atoms with Gasteiger partial charge in [0.1, 0.15) is 11.1 Å². The number of thioether (sulfide) groups is 1. The van der Waals surface area contributed by atoms with Gasteiger partial charge in [0.2, 0.25) is 0 Å². The van der Waals surface area contributed by atoms with Gasteiger partial charge in [-0.2, -0.15) is 18.4 Å². The molecule has 16 heavy (non-hydrogen) atoms. The van der Waals surface area contributed by atoms with Gasteiger partial charge in [-0.25, -0.2) is 4.98 Å². The van der Waals surface area contributed by atoms with Gasteiger partial charge in [0, 0.05) is 5.69 Å². The number of nitrogens with zero attached hydrogens (tertiary/aromatic N) is 2. The Bertz CT molecular complexity index is 465. The van der Waals surface area contributed by atoms with E-state index in [1.165, 1.54) is 12.1 Å². The molecule has 0 atom stereocenters. The van der Waals surface area contributed by atoms with Crippen molar-refractivity contribution in [2.24, 2.45) is 0 Å². The third-order valence-corrected chi connectivity index (χ3v) is 2.46. The Kier molecular flexibility index (Phi) is 3.55. The summed E-state index contributed by atoms with van der Waals surface area (Å²) in [6.45, 7) is 1.56. The smallest absolute Gasteiger partial charge is 0.276 e. The van der Waals surface area contributed by atoms with Gasteiger partial charge in [-0.05, 0) is 30.8 Å². The number of rotatable bonds is 1. The molecule has 84 valence electrons. The lowest BCUT2D eigenvalue weighted by molar-refractivity contribution is -0.160. The number of hydrogen-bond donors (Lipinski definition) is 0. The number of carbonyl (C=O) groups excluding carboxylic acids is 1. The van der Waals surface area contributed by atoms with Crippen LogP contribution in [0.5, 0.6) is 0 Å². The van der Waals surface area contributed by atoms with Crippen LogP contribution in [0.1, 0.15) is 11.3 Å². The fourth-order valence-corrected chi connectivity index (χ4v) is 1.55. The van der Waals surface area contributed by atoms with Crippen LogP contribution in [0.4, 0.5) is 13.2 Å². The first-order chi connectivity index (χ1) is 7.34. The normalized spacial score (nSPS) is 10.9. The first kappa shape index (κ1) is 12.5. The Morgan fingerprint density at radius 3 is 2.62 bits per heavy atom. The molecule has 0 saturated heterocycles. The highest BCUT2D eigenvalue weighted by molar-refractivity contribution is 8.13. The van der Waals surface area contributed by atoms with Crippen molar-refractivity contribution in [2.75, 3.05) is 0 Å². The van der Waals surface area contributed by atoms with E-state index in [2.05, 4.69) is 4.98 Å². The topological polar surface area (TPSA) is 53.8 Å². The Morgan fingerprint density at radius 1 is 1.50 bits per heavy atom. The van der Waals surface area contributed by atoms with E-state index in [0.29, 0.717) is 5.69 Å². The summed E-state index contributed by atoms with van der Waals surface area (Å²) in [5.41, 5.74) is 0.393. The van der Waals surface area contributed by atoms with Crippen molar-refractivity contribution in [1.29, 1.82) is 5.26 Å². The third kappa shape index (κ3) is 2.97. The summed E-state index contributed by atoms with van der Waals surface area (Å²) in [4.78, 5) is 14.4. The number of nitriles is 1. The molecule has 0 unspecified atom stereocenters. The second-order valence-corrected chi connectivity index (χ2v) is 3.77. The van der Waals surface area contributed by atoms with Gasteiger partial charge in [-0.1, -0.05) is 0 Å². The van der Waals surface area contributed by atoms with Crippen molar-refractivity contribution >= 4 is 16.9 Å². The predicted octanol–water partition coefficient (Wildman–Crippen LogP) is 2.44. The second-order valence-electron chi connectivity index (χ2n) is 2.80. The van der Waals surface area contributed by atoms with Crippen molar-refractivity contribution < 1.29 is 18.0 Å². The number of alkyl halides is 3. The number of carbonyl (C=O) groups is 1. The lowest BCUT2D eigenvalue weighted by Crippen LogP contribution is -2.19. The monoisotopic (exact) mass is 246 g/mol. The maximum absolute atomic E-state index is 12.0. The lowest BCUT2D eigenvalue weighted by Gasteiger charge is -2.05. The molecule has 0 bridgehead atoms. The van der Waals surface area contributed by atoms with Crippen LogP contribution < -0.4 is 0 Å². The number of pyridine rings is 1. The van der Waals surface area contributed by atoms with Crippen LogP contribution in [0.15, 0.2) is 17.2 Å². The molecule has 0 radical (unpaired) electrons. The summed E-state index contributed by atoms with van der Waals surface area (Å²) in [6.07, 6.45) is -4.93. The van der Waals surface area contributed by atoms with Gasteiger partial charge < -0.3 is 0 Å². The number of aromatic nitrogens is 1. The molecule has 0 fully saturated rings. The number of aryl methyl sites for hydroxylation is 1. The van der Waals surface area contributed by atoms with Crippen molar-refractivity contribution in [3.63, 3.8) is 0 Å². The molecule has 1 rings (SSSR count). The summed E-state index contributed by atoms with van der Waals surface area (Å²) < 4.78 is 36.0. The average molecular weight is 246 g/mol. The minimum atomic E-state index is -4.93. The highest BCUT2D eigenvalue weighted by Crippen LogP contribution is 2.29. The van der Waals surface area contributed by atoms with Crippen LogP contribution >= 0.6 is 11.8 Å². The summed E-state index contributed by atoms with van der Waals surface area (Å²) >= 11 is -0.0816. The van der Waals surface area contributed by atoms with Gasteiger partial charge in [-0.3, -0.25) is 4.79 Å². The molecular weight excluding hydrogens is 241 g/mol. The molecule has 0 aliphatic heterocycles. The molecule has 0 aliphatic carbocycles. The van der Waals surface area contributed by atoms with Crippen LogP contribution in [0.25, 0.3) is 0 Å². The van der Waals surface area contributed by atoms with E-state index < -0.39 is 11.3 Å². The molecule has 0 amide bonds. The van der Waals surface area contributed by atoms with E-state index in [-0.39, 0.29) is 22.4 Å². The van der Waals surface area contributed by atoms with E-state index in [1.807, 2.05) is 0 Å². The van der Waals surface area contributed by atoms with Crippen LogP contribution in [0.2, 0.25) is 0 Å². The van der Waals surface area contributed by atoms with Crippen LogP contribution in [-0.2, 0) is 4.79 Å². The Labute approximate surface area is 93.3 Å². The highest BCUT2D eigenvalue weighted by Gasteiger charge is 2.39. The molecule has 1 aromatic rings. The highest BCUT2D eigenvalue weighted by atomic mass is 32.2. The molecular formula is C9H5F3N2OS. The van der Waals surface area contributed by atoms with Gasteiger partial charge in [0.25, 0.3) is 5.12 Å². The molecule has 0 saturated carbocycles. The Balaban J connectivity index is 3.02. The second kappa shape index (κ2) is 4.53. The van der Waals surface area contributed by atoms with Crippen LogP contribution in [0.3, 0.4) is 0 Å². The van der Waals surface area contributed by atoms with Crippen molar-refractivity contribution in [3.05, 3.63) is 23.4 Å². The first-order valence-corrected chi connectivity index (χ1v) is 4.83. The fourth-order valence-electron chi connectivity index (χ4n) is 0.841. The van der Waals surface area contributed by atoms with E-state index >= 15 is 0 Å². The predicted molar refractivity (Wildman–Crippen MR) is 50.6 cm³/mol. The molecule has 0 spiro atoms. The lowest BCUT2D eigenvalue weighted by atomic mass is 10.3. The molecule has 0 N–H and O–H groups in total. The molecule has 3 nitrogen and oxygen atoms in total. The minimum Gasteiger partial charge on any atom is -0.276 e. The zero-order valence-corrected chi connectivity index (χ0v) is 8.82. The fraction of sp³-hybridized carbons (Fsp3) is 0.222.